The van der Waals surface area contributed by atoms with E-state index in [0.717, 1.165) is 16.7 Å². The highest BCUT2D eigenvalue weighted by atomic mass is 32.2. The van der Waals surface area contributed by atoms with Crippen molar-refractivity contribution in [2.45, 2.75) is 24.8 Å². The molecule has 4 rings (SSSR count). The van der Waals surface area contributed by atoms with Gasteiger partial charge in [-0.05, 0) is 31.5 Å². The maximum atomic E-state index is 13.0. The molecule has 0 amide bonds. The lowest BCUT2D eigenvalue weighted by molar-refractivity contribution is -0.0199. The monoisotopic (exact) mass is 399 g/mol. The minimum absolute atomic E-state index is 0.131. The summed E-state index contributed by atoms with van der Waals surface area (Å²) < 4.78 is 38.4. The Bertz CT molecular complexity index is 1080. The molecule has 0 aliphatic carbocycles. The molecule has 1 aliphatic rings. The lowest BCUT2D eigenvalue weighted by Gasteiger charge is -2.30. The van der Waals surface area contributed by atoms with Crippen molar-refractivity contribution in [1.82, 2.24) is 14.4 Å². The number of rotatable bonds is 4. The average Bonchev–Trinajstić information content (AvgIpc) is 3.19. The van der Waals surface area contributed by atoms with Gasteiger partial charge in [0.25, 0.3) is 5.89 Å². The maximum Gasteiger partial charge on any atom is 0.257 e. The second kappa shape index (κ2) is 7.46. The van der Waals surface area contributed by atoms with E-state index in [1.54, 1.807) is 24.3 Å². The molecular formula is C20H21N3O4S. The normalized spacial score (nSPS) is 18.3. The van der Waals surface area contributed by atoms with E-state index < -0.39 is 16.1 Å². The third kappa shape index (κ3) is 3.58. The highest BCUT2D eigenvalue weighted by Gasteiger charge is 2.34. The number of hydrogen-bond donors (Lipinski definition) is 0. The predicted octanol–water partition coefficient (Wildman–Crippen LogP) is 3.12. The summed E-state index contributed by atoms with van der Waals surface area (Å²) in [7, 11) is -3.61. The molecule has 8 heteroatoms. The first-order valence-corrected chi connectivity index (χ1v) is 10.5. The molecule has 0 N–H and O–H groups in total. The second-order valence-electron chi connectivity index (χ2n) is 6.81. The van der Waals surface area contributed by atoms with Crippen molar-refractivity contribution in [1.29, 1.82) is 0 Å². The number of aromatic nitrogens is 2. The Labute approximate surface area is 164 Å². The Balaban J connectivity index is 1.56. The van der Waals surface area contributed by atoms with Crippen LogP contribution in [-0.4, -0.2) is 42.6 Å². The van der Waals surface area contributed by atoms with E-state index in [0.29, 0.717) is 5.82 Å². The van der Waals surface area contributed by atoms with E-state index in [9.17, 15) is 8.42 Å². The molecule has 1 aliphatic heterocycles. The molecule has 146 valence electrons. The van der Waals surface area contributed by atoms with Crippen LogP contribution in [0.3, 0.4) is 0 Å². The fourth-order valence-corrected chi connectivity index (χ4v) is 4.58. The van der Waals surface area contributed by atoms with Gasteiger partial charge in [0.1, 0.15) is 0 Å². The Morgan fingerprint density at radius 1 is 1.07 bits per heavy atom. The molecule has 0 unspecified atom stereocenters. The predicted molar refractivity (Wildman–Crippen MR) is 103 cm³/mol. The van der Waals surface area contributed by atoms with Crippen molar-refractivity contribution in [3.63, 3.8) is 0 Å². The fourth-order valence-electron chi connectivity index (χ4n) is 3.15. The van der Waals surface area contributed by atoms with Crippen LogP contribution in [0.15, 0.2) is 57.9 Å². The molecule has 0 bridgehead atoms. The van der Waals surface area contributed by atoms with Crippen molar-refractivity contribution >= 4 is 10.0 Å². The minimum atomic E-state index is -3.61. The lowest BCUT2D eigenvalue weighted by Crippen LogP contribution is -2.42. The standard InChI is InChI=1S/C20H21N3O4S/c1-14-7-9-16(10-8-14)28(24,25)23-11-12-26-18(13-23)20-21-19(22-27-20)17-6-4-3-5-15(17)2/h3-10,18H,11-13H2,1-2H3/t18-/m0/s1. The third-order valence-corrected chi connectivity index (χ3v) is 6.67. The summed E-state index contributed by atoms with van der Waals surface area (Å²) in [5, 5.41) is 4.04. The Morgan fingerprint density at radius 2 is 1.82 bits per heavy atom. The van der Waals surface area contributed by atoms with Crippen LogP contribution in [0, 0.1) is 13.8 Å². The molecule has 1 aromatic heterocycles. The van der Waals surface area contributed by atoms with E-state index in [-0.39, 0.29) is 30.5 Å². The van der Waals surface area contributed by atoms with E-state index >= 15 is 0 Å². The molecule has 0 radical (unpaired) electrons. The highest BCUT2D eigenvalue weighted by Crippen LogP contribution is 2.28. The second-order valence-corrected chi connectivity index (χ2v) is 8.74. The van der Waals surface area contributed by atoms with Crippen molar-refractivity contribution in [3.05, 3.63) is 65.5 Å². The van der Waals surface area contributed by atoms with Crippen LogP contribution in [0.2, 0.25) is 0 Å². The van der Waals surface area contributed by atoms with Crippen LogP contribution < -0.4 is 0 Å². The highest BCUT2D eigenvalue weighted by molar-refractivity contribution is 7.89. The van der Waals surface area contributed by atoms with Gasteiger partial charge in [-0.1, -0.05) is 47.1 Å². The quantitative estimate of drug-likeness (QED) is 0.670. The average molecular weight is 399 g/mol. The zero-order valence-corrected chi connectivity index (χ0v) is 16.5. The molecule has 2 aromatic carbocycles. The van der Waals surface area contributed by atoms with Gasteiger partial charge in [0, 0.05) is 18.7 Å². The number of nitrogens with zero attached hydrogens (tertiary/aromatic N) is 3. The van der Waals surface area contributed by atoms with Crippen LogP contribution >= 0.6 is 0 Å². The van der Waals surface area contributed by atoms with Crippen molar-refractivity contribution in [3.8, 4) is 11.4 Å². The molecule has 1 fully saturated rings. The van der Waals surface area contributed by atoms with Gasteiger partial charge in [0.2, 0.25) is 15.8 Å². The SMILES string of the molecule is Cc1ccc(S(=O)(=O)N2CCO[C@H](c3nc(-c4ccccc4C)no3)C2)cc1. The largest absolute Gasteiger partial charge is 0.366 e. The number of ether oxygens (including phenoxy) is 1. The summed E-state index contributed by atoms with van der Waals surface area (Å²) in [6.45, 7) is 4.57. The Hall–Kier alpha value is -2.55. The van der Waals surface area contributed by atoms with Crippen molar-refractivity contribution in [2.24, 2.45) is 0 Å². The molecule has 1 atom stereocenters. The molecule has 7 nitrogen and oxygen atoms in total. The van der Waals surface area contributed by atoms with Crippen LogP contribution in [0.25, 0.3) is 11.4 Å². The number of aryl methyl sites for hydroxylation is 2. The zero-order valence-electron chi connectivity index (χ0n) is 15.7. The Morgan fingerprint density at radius 3 is 2.57 bits per heavy atom. The van der Waals surface area contributed by atoms with Crippen molar-refractivity contribution < 1.29 is 17.7 Å². The molecule has 2 heterocycles. The summed E-state index contributed by atoms with van der Waals surface area (Å²) in [6.07, 6.45) is -0.598. The number of morpholine rings is 1. The molecule has 3 aromatic rings. The lowest BCUT2D eigenvalue weighted by atomic mass is 10.1. The van der Waals surface area contributed by atoms with Gasteiger partial charge >= 0.3 is 0 Å². The van der Waals surface area contributed by atoms with Crippen LogP contribution in [0.4, 0.5) is 0 Å². The summed E-state index contributed by atoms with van der Waals surface area (Å²) in [4.78, 5) is 4.71. The maximum absolute atomic E-state index is 13.0. The van der Waals surface area contributed by atoms with E-state index in [2.05, 4.69) is 10.1 Å². The first-order valence-electron chi connectivity index (χ1n) is 9.03. The third-order valence-electron chi connectivity index (χ3n) is 4.79. The summed E-state index contributed by atoms with van der Waals surface area (Å²) in [5.41, 5.74) is 2.91. The molecule has 28 heavy (non-hydrogen) atoms. The van der Waals surface area contributed by atoms with Gasteiger partial charge in [-0.2, -0.15) is 9.29 Å². The van der Waals surface area contributed by atoms with Gasteiger partial charge in [0.15, 0.2) is 6.10 Å². The minimum Gasteiger partial charge on any atom is -0.366 e. The molecule has 0 saturated carbocycles. The van der Waals surface area contributed by atoms with Gasteiger partial charge in [-0.15, -0.1) is 0 Å². The van der Waals surface area contributed by atoms with Crippen LogP contribution in [-0.2, 0) is 14.8 Å². The zero-order chi connectivity index (χ0) is 19.7. The number of benzene rings is 2. The summed E-state index contributed by atoms with van der Waals surface area (Å²) >= 11 is 0. The smallest absolute Gasteiger partial charge is 0.257 e. The van der Waals surface area contributed by atoms with Crippen molar-refractivity contribution in [2.75, 3.05) is 19.7 Å². The van der Waals surface area contributed by atoms with Crippen LogP contribution in [0.5, 0.6) is 0 Å². The first-order chi connectivity index (χ1) is 13.4. The van der Waals surface area contributed by atoms with Gasteiger partial charge in [0.05, 0.1) is 11.5 Å². The molecule has 0 spiro atoms. The van der Waals surface area contributed by atoms with Gasteiger partial charge in [-0.3, -0.25) is 0 Å². The first kappa shape index (κ1) is 18.8. The van der Waals surface area contributed by atoms with Gasteiger partial charge in [-0.25, -0.2) is 8.42 Å². The summed E-state index contributed by atoms with van der Waals surface area (Å²) in [5.74, 6) is 0.747. The van der Waals surface area contributed by atoms with E-state index in [1.807, 2.05) is 38.1 Å². The Kier molecular flexibility index (Phi) is 5.01. The van der Waals surface area contributed by atoms with E-state index in [4.69, 9.17) is 9.26 Å². The molecular weight excluding hydrogens is 378 g/mol. The number of hydrogen-bond acceptors (Lipinski definition) is 6. The fraction of sp³-hybridized carbons (Fsp3) is 0.300. The van der Waals surface area contributed by atoms with E-state index in [1.165, 1.54) is 4.31 Å². The summed E-state index contributed by atoms with van der Waals surface area (Å²) in [6, 6.07) is 14.6. The number of sulfonamides is 1. The van der Waals surface area contributed by atoms with Crippen LogP contribution in [0.1, 0.15) is 23.1 Å². The van der Waals surface area contributed by atoms with Gasteiger partial charge < -0.3 is 9.26 Å². The molecule has 1 saturated heterocycles. The topological polar surface area (TPSA) is 85.5 Å².